The molecule has 1 fully saturated rings. The monoisotopic (exact) mass is 523 g/mol. The van der Waals surface area contributed by atoms with E-state index in [2.05, 4.69) is 27.9 Å². The van der Waals surface area contributed by atoms with Gasteiger partial charge in [0, 0.05) is 43.6 Å². The summed E-state index contributed by atoms with van der Waals surface area (Å²) in [5, 5.41) is 8.62. The smallest absolute Gasteiger partial charge is 0.314 e. The third-order valence-electron chi connectivity index (χ3n) is 6.23. The molecule has 0 radical (unpaired) electrons. The maximum absolute atomic E-state index is 13.6. The van der Waals surface area contributed by atoms with Crippen molar-refractivity contribution >= 4 is 52.1 Å². The number of halogens is 1. The zero-order valence-corrected chi connectivity index (χ0v) is 21.7. The van der Waals surface area contributed by atoms with Crippen molar-refractivity contribution in [3.63, 3.8) is 0 Å². The van der Waals surface area contributed by atoms with Crippen LogP contribution in [0, 0.1) is 0 Å². The predicted molar refractivity (Wildman–Crippen MR) is 136 cm³/mol. The highest BCUT2D eigenvalue weighted by molar-refractivity contribution is 7.18. The fourth-order valence-corrected chi connectivity index (χ4v) is 6.54. The largest absolute Gasteiger partial charge is 0.347 e. The number of nitrogens with one attached hydrogen (secondary N) is 3. The Kier molecular flexibility index (Phi) is 8.13. The van der Waals surface area contributed by atoms with Gasteiger partial charge in [0.2, 0.25) is 0 Å². The molecule has 0 spiro atoms. The van der Waals surface area contributed by atoms with Crippen LogP contribution in [0.2, 0.25) is 4.34 Å². The van der Waals surface area contributed by atoms with Gasteiger partial charge in [0.25, 0.3) is 11.8 Å². The van der Waals surface area contributed by atoms with Gasteiger partial charge < -0.3 is 25.8 Å². The van der Waals surface area contributed by atoms with Gasteiger partial charge in [-0.3, -0.25) is 9.59 Å². The van der Waals surface area contributed by atoms with Crippen LogP contribution in [0.4, 0.5) is 4.79 Å². The SMILES string of the molecule is CCNC(=O)NCC1CC(NC(=O)c2ccc(Cl)s2)CN1C(=O)c1cc2c(s1)CCN(C)CC2. The fourth-order valence-electron chi connectivity index (χ4n) is 4.44. The second-order valence-corrected chi connectivity index (χ2v) is 11.6. The van der Waals surface area contributed by atoms with E-state index < -0.39 is 0 Å². The van der Waals surface area contributed by atoms with Crippen molar-refractivity contribution in [3.8, 4) is 0 Å². The average Bonchev–Trinajstić information content (AvgIpc) is 3.50. The molecule has 0 aromatic carbocycles. The second-order valence-electron chi connectivity index (χ2n) is 8.72. The Hall–Kier alpha value is -2.14. The molecule has 0 saturated carbocycles. The molecule has 184 valence electrons. The summed E-state index contributed by atoms with van der Waals surface area (Å²) in [6, 6.07) is 4.76. The van der Waals surface area contributed by atoms with E-state index in [0.717, 1.165) is 30.8 Å². The summed E-state index contributed by atoms with van der Waals surface area (Å²) in [5.41, 5.74) is 1.26. The van der Waals surface area contributed by atoms with Crippen LogP contribution in [-0.2, 0) is 12.8 Å². The predicted octanol–water partition coefficient (Wildman–Crippen LogP) is 2.83. The van der Waals surface area contributed by atoms with Gasteiger partial charge >= 0.3 is 6.03 Å². The van der Waals surface area contributed by atoms with E-state index in [0.29, 0.717) is 35.3 Å². The topological polar surface area (TPSA) is 93.8 Å². The number of carbonyl (C=O) groups excluding carboxylic acids is 3. The van der Waals surface area contributed by atoms with E-state index in [1.807, 2.05) is 13.0 Å². The normalized spacial score (nSPS) is 20.5. The Labute approximate surface area is 212 Å². The molecule has 2 aliphatic rings. The first-order valence-electron chi connectivity index (χ1n) is 11.5. The molecule has 34 heavy (non-hydrogen) atoms. The Morgan fingerprint density at radius 3 is 2.65 bits per heavy atom. The van der Waals surface area contributed by atoms with Gasteiger partial charge in [-0.25, -0.2) is 4.79 Å². The number of carbonyl (C=O) groups is 3. The van der Waals surface area contributed by atoms with Crippen LogP contribution in [-0.4, -0.2) is 79.5 Å². The van der Waals surface area contributed by atoms with Crippen LogP contribution in [0.3, 0.4) is 0 Å². The van der Waals surface area contributed by atoms with Crippen LogP contribution in [0.25, 0.3) is 0 Å². The summed E-state index contributed by atoms with van der Waals surface area (Å²) in [4.78, 5) is 44.9. The number of amides is 4. The zero-order valence-electron chi connectivity index (χ0n) is 19.4. The highest BCUT2D eigenvalue weighted by Gasteiger charge is 2.37. The highest BCUT2D eigenvalue weighted by Crippen LogP contribution is 2.30. The minimum Gasteiger partial charge on any atom is -0.347 e. The van der Waals surface area contributed by atoms with E-state index in [1.165, 1.54) is 21.8 Å². The lowest BCUT2D eigenvalue weighted by Crippen LogP contribution is -2.45. The first-order chi connectivity index (χ1) is 16.3. The van der Waals surface area contributed by atoms with E-state index in [1.54, 1.807) is 28.4 Å². The molecular formula is C23H30ClN5O3S2. The molecule has 2 aromatic rings. The van der Waals surface area contributed by atoms with E-state index in [9.17, 15) is 14.4 Å². The molecule has 1 saturated heterocycles. The Balaban J connectivity index is 1.47. The highest BCUT2D eigenvalue weighted by atomic mass is 35.5. The van der Waals surface area contributed by atoms with Crippen LogP contribution < -0.4 is 16.0 Å². The molecular weight excluding hydrogens is 494 g/mol. The minimum atomic E-state index is -0.262. The molecule has 0 bridgehead atoms. The quantitative estimate of drug-likeness (QED) is 0.543. The lowest BCUT2D eigenvalue weighted by Gasteiger charge is -2.24. The van der Waals surface area contributed by atoms with E-state index in [-0.39, 0.29) is 29.9 Å². The van der Waals surface area contributed by atoms with Gasteiger partial charge in [0.05, 0.1) is 20.1 Å². The zero-order chi connectivity index (χ0) is 24.2. The first-order valence-corrected chi connectivity index (χ1v) is 13.5. The van der Waals surface area contributed by atoms with Crippen molar-refractivity contribution in [1.82, 2.24) is 25.8 Å². The van der Waals surface area contributed by atoms with Gasteiger partial charge in [0.15, 0.2) is 0 Å². The second kappa shape index (κ2) is 11.1. The van der Waals surface area contributed by atoms with E-state index >= 15 is 0 Å². The summed E-state index contributed by atoms with van der Waals surface area (Å²) >= 11 is 8.78. The Morgan fingerprint density at radius 2 is 1.91 bits per heavy atom. The van der Waals surface area contributed by atoms with Gasteiger partial charge in [0.1, 0.15) is 0 Å². The third-order valence-corrected chi connectivity index (χ3v) is 8.69. The molecule has 11 heteroatoms. The first kappa shape index (κ1) is 25.0. The Morgan fingerprint density at radius 1 is 1.12 bits per heavy atom. The lowest BCUT2D eigenvalue weighted by atomic mass is 10.1. The van der Waals surface area contributed by atoms with Crippen molar-refractivity contribution < 1.29 is 14.4 Å². The van der Waals surface area contributed by atoms with Crippen molar-refractivity contribution in [2.45, 2.75) is 38.3 Å². The standard InChI is InChI=1S/C23H30ClN5O3S2/c1-3-25-23(32)26-12-16-11-15(27-21(30)18-4-5-20(24)34-18)13-29(16)22(31)19-10-14-6-8-28(2)9-7-17(14)33-19/h4-5,10,15-16H,3,6-9,11-13H2,1-2H3,(H,27,30)(H2,25,26,32). The van der Waals surface area contributed by atoms with Crippen LogP contribution in [0.1, 0.15) is 43.1 Å². The number of nitrogens with zero attached hydrogens (tertiary/aromatic N) is 2. The van der Waals surface area contributed by atoms with Crippen molar-refractivity contribution in [1.29, 1.82) is 0 Å². The average molecular weight is 524 g/mol. The number of fused-ring (bicyclic) bond motifs is 1. The number of likely N-dealkylation sites (tertiary alicyclic amines) is 1. The molecule has 0 aliphatic carbocycles. The Bertz CT molecular complexity index is 1030. The lowest BCUT2D eigenvalue weighted by molar-refractivity contribution is 0.0735. The van der Waals surface area contributed by atoms with Gasteiger partial charge in [-0.1, -0.05) is 11.6 Å². The molecule has 8 nitrogen and oxygen atoms in total. The van der Waals surface area contributed by atoms with Crippen molar-refractivity contribution in [2.75, 3.05) is 39.8 Å². The van der Waals surface area contributed by atoms with Crippen LogP contribution >= 0.6 is 34.3 Å². The van der Waals surface area contributed by atoms with Gasteiger partial charge in [-0.15, -0.1) is 22.7 Å². The minimum absolute atomic E-state index is 0.0370. The molecule has 3 N–H and O–H groups in total. The van der Waals surface area contributed by atoms with E-state index in [4.69, 9.17) is 11.6 Å². The molecule has 2 aromatic heterocycles. The molecule has 2 unspecified atom stereocenters. The van der Waals surface area contributed by atoms with Gasteiger partial charge in [-0.05, 0) is 57.0 Å². The fraction of sp³-hybridized carbons (Fsp3) is 0.522. The summed E-state index contributed by atoms with van der Waals surface area (Å²) in [6.07, 6.45) is 2.47. The molecule has 2 aliphatic heterocycles. The molecule has 4 heterocycles. The summed E-state index contributed by atoms with van der Waals surface area (Å²) in [7, 11) is 2.12. The van der Waals surface area contributed by atoms with Crippen molar-refractivity contribution in [2.24, 2.45) is 0 Å². The molecule has 4 amide bonds. The van der Waals surface area contributed by atoms with Crippen LogP contribution in [0.15, 0.2) is 18.2 Å². The number of rotatable bonds is 6. The summed E-state index contributed by atoms with van der Waals surface area (Å²) in [5.74, 6) is -0.233. The molecule has 2 atom stereocenters. The number of thiophene rings is 2. The summed E-state index contributed by atoms with van der Waals surface area (Å²) in [6.45, 7) is 5.08. The number of hydrogen-bond acceptors (Lipinski definition) is 6. The number of likely N-dealkylation sites (N-methyl/N-ethyl adjacent to an activating group) is 1. The van der Waals surface area contributed by atoms with Gasteiger partial charge in [-0.2, -0.15) is 0 Å². The number of urea groups is 1. The van der Waals surface area contributed by atoms with Crippen LogP contribution in [0.5, 0.6) is 0 Å². The van der Waals surface area contributed by atoms with Crippen molar-refractivity contribution in [3.05, 3.63) is 42.7 Å². The maximum atomic E-state index is 13.6. The third kappa shape index (κ3) is 5.91. The maximum Gasteiger partial charge on any atom is 0.314 e. The number of hydrogen-bond donors (Lipinski definition) is 3. The molecule has 4 rings (SSSR count). The summed E-state index contributed by atoms with van der Waals surface area (Å²) < 4.78 is 0.557.